The van der Waals surface area contributed by atoms with Crippen LogP contribution in [-0.4, -0.2) is 73.7 Å². The molecule has 0 bridgehead atoms. The lowest BCUT2D eigenvalue weighted by Crippen LogP contribution is -2.29. The van der Waals surface area contributed by atoms with E-state index in [1.807, 2.05) is 6.92 Å². The van der Waals surface area contributed by atoms with Gasteiger partial charge in [0.1, 0.15) is 6.10 Å². The first-order valence-electron chi connectivity index (χ1n) is 13.8. The van der Waals surface area contributed by atoms with Gasteiger partial charge in [-0.3, -0.25) is 18.7 Å². The Kier molecular flexibility index (Phi) is 22.4. The number of carbonyl (C=O) groups excluding carboxylic acids is 2. The molecule has 41 heavy (non-hydrogen) atoms. The van der Waals surface area contributed by atoms with E-state index in [1.54, 1.807) is 48.5 Å². The minimum Gasteiger partial charge on any atom is -0.756 e. The molecule has 0 aliphatic carbocycles. The van der Waals surface area contributed by atoms with Crippen molar-refractivity contribution in [1.82, 2.24) is 10.6 Å². The third-order valence-corrected chi connectivity index (χ3v) is 6.87. The normalized spacial score (nSPS) is 15.6. The van der Waals surface area contributed by atoms with Gasteiger partial charge in [0.25, 0.3) is 15.6 Å². The van der Waals surface area contributed by atoms with E-state index >= 15 is 0 Å². The number of ether oxygens (including phenoxy) is 1. The highest BCUT2D eigenvalue weighted by Gasteiger charge is 2.22. The molecule has 0 spiro atoms. The van der Waals surface area contributed by atoms with Gasteiger partial charge in [-0.25, -0.2) is 0 Å². The number of phosphoric ester groups is 2. The number of amides is 2. The summed E-state index contributed by atoms with van der Waals surface area (Å²) in [5.41, 5.74) is -1.66. The van der Waals surface area contributed by atoms with Crippen LogP contribution in [0.5, 0.6) is 0 Å². The third kappa shape index (κ3) is 31.8. The number of aliphatic hydroxyl groups is 1. The third-order valence-electron chi connectivity index (χ3n) is 4.36. The molecule has 246 valence electrons. The zero-order chi connectivity index (χ0) is 32.2. The van der Waals surface area contributed by atoms with Crippen LogP contribution in [0.1, 0.15) is 93.9 Å². The van der Waals surface area contributed by atoms with E-state index < -0.39 is 39.6 Å². The Hall–Kier alpha value is -0.920. The van der Waals surface area contributed by atoms with Crippen molar-refractivity contribution in [3.63, 3.8) is 0 Å². The molecule has 16 heteroatoms. The lowest BCUT2D eigenvalue weighted by atomic mass is 10.2. The number of rotatable bonds is 20. The van der Waals surface area contributed by atoms with E-state index in [0.717, 1.165) is 19.3 Å². The second kappa shape index (κ2) is 21.7. The van der Waals surface area contributed by atoms with E-state index in [2.05, 4.69) is 15.2 Å². The number of carbonyl (C=O) groups is 2. The van der Waals surface area contributed by atoms with Crippen LogP contribution in [0.25, 0.3) is 0 Å². The lowest BCUT2D eigenvalue weighted by Gasteiger charge is -2.31. The fraction of sp³-hybridized carbons (Fsp3) is 0.920. The van der Waals surface area contributed by atoms with Crippen molar-refractivity contribution in [2.24, 2.45) is 0 Å². The topological polar surface area (TPSA) is 205 Å². The maximum absolute atomic E-state index is 11.4. The molecule has 3 atom stereocenters. The maximum Gasteiger partial charge on any atom is 0.268 e. The first-order valence-corrected chi connectivity index (χ1v) is 16.8. The number of phosphoric acid groups is 2. The van der Waals surface area contributed by atoms with Crippen LogP contribution < -0.4 is 20.4 Å². The molecular weight excluding hydrogens is 582 g/mol. The van der Waals surface area contributed by atoms with Crippen LogP contribution in [0.15, 0.2) is 0 Å². The molecule has 0 heterocycles. The molecule has 0 radical (unpaired) electrons. The second-order valence-electron chi connectivity index (χ2n) is 11.0. The Bertz CT molecular complexity index is 815. The van der Waals surface area contributed by atoms with Crippen LogP contribution in [0.3, 0.4) is 0 Å². The summed E-state index contributed by atoms with van der Waals surface area (Å²) in [5, 5.41) is 14.9. The second-order valence-corrected chi connectivity index (χ2v) is 13.7. The van der Waals surface area contributed by atoms with Gasteiger partial charge in [-0.1, -0.05) is 26.7 Å². The molecule has 0 aliphatic heterocycles. The van der Waals surface area contributed by atoms with Crippen molar-refractivity contribution >= 4 is 27.5 Å². The molecule has 0 saturated heterocycles. The van der Waals surface area contributed by atoms with Gasteiger partial charge < -0.3 is 48.4 Å². The van der Waals surface area contributed by atoms with Crippen LogP contribution in [0, 0.1) is 0 Å². The average molecular weight is 635 g/mol. The first-order chi connectivity index (χ1) is 18.7. The van der Waals surface area contributed by atoms with Gasteiger partial charge in [0, 0.05) is 25.9 Å². The zero-order valence-electron chi connectivity index (χ0n) is 25.9. The van der Waals surface area contributed by atoms with E-state index in [4.69, 9.17) is 18.3 Å². The van der Waals surface area contributed by atoms with E-state index in [9.17, 15) is 33.6 Å². The molecule has 0 aromatic carbocycles. The van der Waals surface area contributed by atoms with Crippen LogP contribution in [-0.2, 0) is 41.6 Å². The Labute approximate surface area is 245 Å². The molecule has 14 nitrogen and oxygen atoms in total. The van der Waals surface area contributed by atoms with Crippen molar-refractivity contribution in [3.05, 3.63) is 0 Å². The van der Waals surface area contributed by atoms with Crippen LogP contribution in [0.4, 0.5) is 0 Å². The Morgan fingerprint density at radius 3 is 1.68 bits per heavy atom. The van der Waals surface area contributed by atoms with Crippen LogP contribution in [0.2, 0.25) is 0 Å². The predicted octanol–water partition coefficient (Wildman–Crippen LogP) is 2.56. The van der Waals surface area contributed by atoms with Gasteiger partial charge >= 0.3 is 0 Å². The summed E-state index contributed by atoms with van der Waals surface area (Å²) >= 11 is 0. The van der Waals surface area contributed by atoms with E-state index in [1.165, 1.54) is 0 Å². The molecule has 3 N–H and O–H groups in total. The molecular formula is C25H52N2O12P2-2. The quantitative estimate of drug-likeness (QED) is 0.131. The Morgan fingerprint density at radius 2 is 1.20 bits per heavy atom. The Morgan fingerprint density at radius 1 is 0.732 bits per heavy atom. The summed E-state index contributed by atoms with van der Waals surface area (Å²) in [5.74, 6) is -0.0333. The highest BCUT2D eigenvalue weighted by atomic mass is 31.2. The van der Waals surface area contributed by atoms with Gasteiger partial charge in [-0.15, -0.1) is 0 Å². The summed E-state index contributed by atoms with van der Waals surface area (Å²) in [4.78, 5) is 44.7. The molecule has 0 aromatic heterocycles. The highest BCUT2D eigenvalue weighted by molar-refractivity contribution is 7.46. The minimum atomic E-state index is -4.45. The molecule has 3 unspecified atom stereocenters. The molecule has 0 aliphatic rings. The predicted molar refractivity (Wildman–Crippen MR) is 151 cm³/mol. The fourth-order valence-corrected chi connectivity index (χ4v) is 4.82. The monoisotopic (exact) mass is 634 g/mol. The smallest absolute Gasteiger partial charge is 0.268 e. The van der Waals surface area contributed by atoms with Gasteiger partial charge in [-0.05, 0) is 54.4 Å². The van der Waals surface area contributed by atoms with Gasteiger partial charge in [0.05, 0.1) is 37.6 Å². The van der Waals surface area contributed by atoms with Crippen molar-refractivity contribution in [2.75, 3.05) is 39.5 Å². The highest BCUT2D eigenvalue weighted by Crippen LogP contribution is 2.43. The van der Waals surface area contributed by atoms with Crippen molar-refractivity contribution in [1.29, 1.82) is 0 Å². The number of hydrogen-bond donors (Lipinski definition) is 3. The molecule has 0 saturated carbocycles. The maximum atomic E-state index is 11.4. The molecule has 2 amide bonds. The summed E-state index contributed by atoms with van der Waals surface area (Å²) in [6.45, 7) is 14.0. The number of unbranched alkanes of at least 4 members (excludes halogenated alkanes) is 3. The zero-order valence-corrected chi connectivity index (χ0v) is 27.7. The SMILES string of the molecule is CCC(=O)NCCCCCCOP(=O)([O-])OC(C)(C)C.CCC(=O)NCCOCC(O)COP(=O)([O-])OC(C)(C)C. The van der Waals surface area contributed by atoms with Gasteiger partial charge in [0.15, 0.2) is 0 Å². The summed E-state index contributed by atoms with van der Waals surface area (Å²) in [6.07, 6.45) is 3.12. The molecule has 0 fully saturated rings. The van der Waals surface area contributed by atoms with Crippen molar-refractivity contribution in [2.45, 2.75) is 111 Å². The summed E-state index contributed by atoms with van der Waals surface area (Å²) < 4.78 is 46.8. The fourth-order valence-electron chi connectivity index (χ4n) is 2.67. The number of hydrogen-bond acceptors (Lipinski definition) is 12. The van der Waals surface area contributed by atoms with E-state index in [-0.39, 0.29) is 31.6 Å². The Balaban J connectivity index is 0. The number of aliphatic hydroxyl groups excluding tert-OH is 1. The molecule has 0 rings (SSSR count). The number of nitrogens with one attached hydrogen (secondary N) is 2. The summed E-state index contributed by atoms with van der Waals surface area (Å²) in [7, 11) is -8.65. The average Bonchev–Trinajstić information content (AvgIpc) is 2.81. The largest absolute Gasteiger partial charge is 0.756 e. The lowest BCUT2D eigenvalue weighted by molar-refractivity contribution is -0.236. The van der Waals surface area contributed by atoms with Gasteiger partial charge in [-0.2, -0.15) is 0 Å². The van der Waals surface area contributed by atoms with Crippen molar-refractivity contribution < 1.29 is 56.4 Å². The standard InChI is InChI=1S/C13H28NO5P.C12H26NO7P/c1-5-12(15)14-10-8-6-7-9-11-18-20(16,17)19-13(2,3)4;1-5-11(15)13-6-7-18-8-10(14)9-19-21(16,17)20-12(2,3)4/h5-11H2,1-4H3,(H,14,15)(H,16,17);10,14H,5-9H2,1-4H3,(H,13,15)(H,16,17)/p-2. The first kappa shape index (κ1) is 42.2. The van der Waals surface area contributed by atoms with Crippen molar-refractivity contribution in [3.8, 4) is 0 Å². The molecule has 0 aromatic rings. The van der Waals surface area contributed by atoms with E-state index in [0.29, 0.717) is 32.4 Å². The van der Waals surface area contributed by atoms with Gasteiger partial charge in [0.2, 0.25) is 11.8 Å². The minimum absolute atomic E-state index is 0.0555. The van der Waals surface area contributed by atoms with Crippen LogP contribution >= 0.6 is 15.6 Å². The summed E-state index contributed by atoms with van der Waals surface area (Å²) in [6, 6.07) is 0.